The largest absolute Gasteiger partial charge is 0.320 e. The highest BCUT2D eigenvalue weighted by atomic mass is 28.3. The van der Waals surface area contributed by atoms with Gasteiger partial charge in [-0.2, -0.15) is 5.10 Å². The van der Waals surface area contributed by atoms with Gasteiger partial charge in [-0.15, -0.1) is 0 Å². The summed E-state index contributed by atoms with van der Waals surface area (Å²) in [5.74, 6) is 0.181. The summed E-state index contributed by atoms with van der Waals surface area (Å²) < 4.78 is 2.21. The third-order valence-corrected chi connectivity index (χ3v) is 4.88. The summed E-state index contributed by atoms with van der Waals surface area (Å²) in [6.07, 6.45) is 1.29. The average molecular weight is 290 g/mol. The van der Waals surface area contributed by atoms with Gasteiger partial charge in [0.1, 0.15) is 5.78 Å². The molecule has 0 amide bonds. The van der Waals surface area contributed by atoms with Crippen LogP contribution in [0.25, 0.3) is 0 Å². The first-order chi connectivity index (χ1) is 9.32. The van der Waals surface area contributed by atoms with E-state index in [-0.39, 0.29) is 5.78 Å². The molecule has 0 fully saturated rings. The lowest BCUT2D eigenvalue weighted by Crippen LogP contribution is -2.42. The lowest BCUT2D eigenvalue weighted by atomic mass is 10.2. The molecule has 0 saturated carbocycles. The predicted octanol–water partition coefficient (Wildman–Crippen LogP) is 4.07. The molecule has 0 N–H and O–H groups in total. The van der Waals surface area contributed by atoms with Gasteiger partial charge in [0, 0.05) is 12.1 Å². The fourth-order valence-corrected chi connectivity index (χ4v) is 2.97. The first kappa shape index (κ1) is 16.6. The molecule has 4 heteroatoms. The van der Waals surface area contributed by atoms with Gasteiger partial charge in [-0.1, -0.05) is 56.9 Å². The molecule has 20 heavy (non-hydrogen) atoms. The molecule has 0 aliphatic heterocycles. The number of hydrogen-bond donors (Lipinski definition) is 0. The molecule has 1 aromatic carbocycles. The van der Waals surface area contributed by atoms with Gasteiger partial charge in [0.05, 0.1) is 6.54 Å². The van der Waals surface area contributed by atoms with E-state index in [0.717, 1.165) is 18.7 Å². The van der Waals surface area contributed by atoms with E-state index in [0.29, 0.717) is 6.42 Å². The van der Waals surface area contributed by atoms with E-state index in [2.05, 4.69) is 55.5 Å². The quantitative estimate of drug-likeness (QED) is 0.431. The number of Topliss-reactive ketones (excluding diaryl/α,β-unsaturated/α-hetero) is 1. The fourth-order valence-electron chi connectivity index (χ4n) is 1.87. The summed E-state index contributed by atoms with van der Waals surface area (Å²) in [7, 11) is -1.56. The number of nitrogens with zero attached hydrogens (tertiary/aromatic N) is 2. The maximum Gasteiger partial charge on any atom is 0.169 e. The maximum absolute atomic E-state index is 11.3. The van der Waals surface area contributed by atoms with Gasteiger partial charge in [0.25, 0.3) is 0 Å². The van der Waals surface area contributed by atoms with Crippen molar-refractivity contribution in [2.75, 3.05) is 0 Å². The van der Waals surface area contributed by atoms with Gasteiger partial charge in [0.2, 0.25) is 0 Å². The van der Waals surface area contributed by atoms with Crippen molar-refractivity contribution in [2.45, 2.75) is 52.9 Å². The van der Waals surface area contributed by atoms with Gasteiger partial charge >= 0.3 is 0 Å². The van der Waals surface area contributed by atoms with E-state index >= 15 is 0 Å². The van der Waals surface area contributed by atoms with Crippen molar-refractivity contribution in [2.24, 2.45) is 5.10 Å². The fraction of sp³-hybridized carbons (Fsp3) is 0.500. The van der Waals surface area contributed by atoms with Crippen molar-refractivity contribution < 1.29 is 4.79 Å². The summed E-state index contributed by atoms with van der Waals surface area (Å²) in [6, 6.07) is 10.4. The lowest BCUT2D eigenvalue weighted by Gasteiger charge is -2.32. The Labute approximate surface area is 123 Å². The molecular weight excluding hydrogens is 264 g/mol. The summed E-state index contributed by atoms with van der Waals surface area (Å²) in [6.45, 7) is 11.3. The highest BCUT2D eigenvalue weighted by Gasteiger charge is 2.23. The highest BCUT2D eigenvalue weighted by Crippen LogP contribution is 2.16. The predicted molar refractivity (Wildman–Crippen MR) is 88.4 cm³/mol. The second kappa shape index (κ2) is 7.38. The van der Waals surface area contributed by atoms with Crippen LogP contribution in [0.5, 0.6) is 0 Å². The minimum Gasteiger partial charge on any atom is -0.320 e. The normalized spacial score (nSPS) is 12.3. The number of hydrazone groups is 1. The average Bonchev–Trinajstić information content (AvgIpc) is 2.36. The van der Waals surface area contributed by atoms with E-state index in [1.54, 1.807) is 6.92 Å². The SMILES string of the molecule is CCC(CC(C)=O)=NN(Cc1ccccc1)[Si](C)(C)C. The Hall–Kier alpha value is -1.42. The minimum absolute atomic E-state index is 0.181. The highest BCUT2D eigenvalue weighted by molar-refractivity contribution is 6.73. The Morgan fingerprint density at radius 3 is 2.25 bits per heavy atom. The van der Waals surface area contributed by atoms with Crippen LogP contribution in [0.1, 0.15) is 32.3 Å². The van der Waals surface area contributed by atoms with Gasteiger partial charge in [-0.25, -0.2) is 0 Å². The van der Waals surface area contributed by atoms with Crippen LogP contribution in [0.15, 0.2) is 35.4 Å². The monoisotopic (exact) mass is 290 g/mol. The third-order valence-electron chi connectivity index (χ3n) is 3.07. The molecule has 0 radical (unpaired) electrons. The minimum atomic E-state index is -1.56. The van der Waals surface area contributed by atoms with Crippen LogP contribution in [-0.4, -0.2) is 24.4 Å². The summed E-state index contributed by atoms with van der Waals surface area (Å²) in [5, 5.41) is 4.79. The second-order valence-electron chi connectivity index (χ2n) is 6.11. The molecule has 0 aromatic heterocycles. The summed E-state index contributed by atoms with van der Waals surface area (Å²) >= 11 is 0. The van der Waals surface area contributed by atoms with Crippen LogP contribution in [-0.2, 0) is 11.3 Å². The van der Waals surface area contributed by atoms with Crippen LogP contribution in [0.2, 0.25) is 19.6 Å². The number of ketones is 1. The van der Waals surface area contributed by atoms with Gasteiger partial charge in [-0.3, -0.25) is 4.79 Å². The van der Waals surface area contributed by atoms with Crippen LogP contribution in [0.3, 0.4) is 0 Å². The Bertz CT molecular complexity index is 463. The van der Waals surface area contributed by atoms with Crippen molar-refractivity contribution in [3.05, 3.63) is 35.9 Å². The molecule has 0 aliphatic rings. The van der Waals surface area contributed by atoms with Crippen molar-refractivity contribution in [3.8, 4) is 0 Å². The maximum atomic E-state index is 11.3. The number of benzene rings is 1. The molecule has 3 nitrogen and oxygen atoms in total. The Balaban J connectivity index is 2.95. The third kappa shape index (κ3) is 5.69. The molecule has 0 spiro atoms. The van der Waals surface area contributed by atoms with Crippen molar-refractivity contribution >= 4 is 19.7 Å². The summed E-state index contributed by atoms with van der Waals surface area (Å²) in [4.78, 5) is 11.3. The van der Waals surface area contributed by atoms with E-state index in [9.17, 15) is 4.79 Å². The number of rotatable bonds is 7. The first-order valence-electron chi connectivity index (χ1n) is 7.20. The molecule has 0 unspecified atom stereocenters. The molecule has 1 aromatic rings. The molecule has 110 valence electrons. The zero-order chi connectivity index (χ0) is 15.2. The lowest BCUT2D eigenvalue weighted by molar-refractivity contribution is -0.115. The molecular formula is C16H26N2OSi. The summed E-state index contributed by atoms with van der Waals surface area (Å²) in [5.41, 5.74) is 2.24. The number of carbonyl (C=O) groups excluding carboxylic acids is 1. The zero-order valence-corrected chi connectivity index (χ0v) is 14.3. The van der Waals surface area contributed by atoms with Crippen LogP contribution in [0, 0.1) is 0 Å². The van der Waals surface area contributed by atoms with E-state index in [1.807, 2.05) is 6.07 Å². The van der Waals surface area contributed by atoms with Gasteiger partial charge in [0.15, 0.2) is 8.24 Å². The van der Waals surface area contributed by atoms with E-state index < -0.39 is 8.24 Å². The van der Waals surface area contributed by atoms with E-state index in [4.69, 9.17) is 5.10 Å². The van der Waals surface area contributed by atoms with Crippen molar-refractivity contribution in [1.82, 2.24) is 4.67 Å². The first-order valence-corrected chi connectivity index (χ1v) is 10.6. The topological polar surface area (TPSA) is 32.7 Å². The smallest absolute Gasteiger partial charge is 0.169 e. The van der Waals surface area contributed by atoms with Gasteiger partial charge < -0.3 is 4.67 Å². The molecule has 1 rings (SSSR count). The molecule has 0 atom stereocenters. The van der Waals surface area contributed by atoms with E-state index in [1.165, 1.54) is 5.56 Å². The second-order valence-corrected chi connectivity index (χ2v) is 11.0. The van der Waals surface area contributed by atoms with Crippen LogP contribution < -0.4 is 0 Å². The number of hydrogen-bond acceptors (Lipinski definition) is 3. The molecule has 0 heterocycles. The molecule has 0 bridgehead atoms. The Morgan fingerprint density at radius 1 is 1.20 bits per heavy atom. The Morgan fingerprint density at radius 2 is 1.80 bits per heavy atom. The zero-order valence-electron chi connectivity index (χ0n) is 13.3. The van der Waals surface area contributed by atoms with Crippen LogP contribution in [0.4, 0.5) is 0 Å². The molecule has 0 aliphatic carbocycles. The number of carbonyl (C=O) groups is 1. The van der Waals surface area contributed by atoms with Crippen LogP contribution >= 0.6 is 0 Å². The standard InChI is InChI=1S/C16H26N2OSi/c1-6-16(12-14(2)19)17-18(20(3,4)5)13-15-10-8-7-9-11-15/h7-11H,6,12-13H2,1-5H3. The Kier molecular flexibility index (Phi) is 6.14. The van der Waals surface area contributed by atoms with Crippen molar-refractivity contribution in [3.63, 3.8) is 0 Å². The van der Waals surface area contributed by atoms with Gasteiger partial charge in [-0.05, 0) is 18.9 Å². The molecule has 0 saturated heterocycles. The van der Waals surface area contributed by atoms with Crippen molar-refractivity contribution in [1.29, 1.82) is 0 Å².